The number of anilines is 1. The van der Waals surface area contributed by atoms with Gasteiger partial charge in [-0.15, -0.1) is 11.3 Å². The monoisotopic (exact) mass is 453 g/mol. The van der Waals surface area contributed by atoms with Crippen LogP contribution in [-0.2, 0) is 11.3 Å². The number of aromatic hydroxyl groups is 1. The maximum absolute atomic E-state index is 9.97. The third-order valence-corrected chi connectivity index (χ3v) is 7.36. The van der Waals surface area contributed by atoms with Gasteiger partial charge in [-0.1, -0.05) is 12.1 Å². The van der Waals surface area contributed by atoms with Gasteiger partial charge in [0.05, 0.1) is 23.4 Å². The van der Waals surface area contributed by atoms with Gasteiger partial charge in [0.15, 0.2) is 11.6 Å². The first-order valence-electron chi connectivity index (χ1n) is 11.4. The van der Waals surface area contributed by atoms with Gasteiger partial charge in [-0.05, 0) is 51.7 Å². The molecule has 2 aliphatic heterocycles. The van der Waals surface area contributed by atoms with Gasteiger partial charge in [0.1, 0.15) is 5.75 Å². The topological polar surface area (TPSA) is 65.0 Å². The standard InChI is InChI=1S/C24H31N5O2S/c1-27(2)15-18-6-4-8-29(18)16-20-14-21-22(32-20)24(28-9-11-31-12-10-28)26-23(25-21)17-5-3-7-19(30)13-17/h3,5,7,13-14,18,30H,4,6,8-12,15-16H2,1-2H3/t18-/m1/s1. The fourth-order valence-corrected chi connectivity index (χ4v) is 5.88. The lowest BCUT2D eigenvalue weighted by molar-refractivity contribution is 0.122. The number of phenolic OH excluding ortho intramolecular Hbond substituents is 1. The SMILES string of the molecule is CN(C)C[C@H]1CCCN1Cc1cc2nc(-c3cccc(O)c3)nc(N3CCOCC3)c2s1. The van der Waals surface area contributed by atoms with Crippen molar-refractivity contribution in [2.75, 3.05) is 58.4 Å². The molecule has 0 unspecified atom stereocenters. The van der Waals surface area contributed by atoms with E-state index in [2.05, 4.69) is 34.9 Å². The molecule has 0 aliphatic carbocycles. The van der Waals surface area contributed by atoms with Crippen molar-refractivity contribution in [2.45, 2.75) is 25.4 Å². The minimum Gasteiger partial charge on any atom is -0.508 e. The van der Waals surface area contributed by atoms with Crippen LogP contribution in [0.15, 0.2) is 30.3 Å². The summed E-state index contributed by atoms with van der Waals surface area (Å²) in [4.78, 5) is 18.4. The molecule has 1 atom stereocenters. The Labute approximate surface area is 193 Å². The van der Waals surface area contributed by atoms with Crippen LogP contribution in [0.2, 0.25) is 0 Å². The van der Waals surface area contributed by atoms with Crippen LogP contribution in [0.1, 0.15) is 17.7 Å². The molecule has 2 fully saturated rings. The van der Waals surface area contributed by atoms with Gasteiger partial charge in [0.2, 0.25) is 0 Å². The Morgan fingerprint density at radius 2 is 2.00 bits per heavy atom. The number of hydrogen-bond donors (Lipinski definition) is 1. The smallest absolute Gasteiger partial charge is 0.162 e. The molecule has 4 heterocycles. The van der Waals surface area contributed by atoms with Crippen molar-refractivity contribution in [2.24, 2.45) is 0 Å². The molecule has 0 saturated carbocycles. The molecule has 1 aromatic carbocycles. The number of nitrogens with zero attached hydrogens (tertiary/aromatic N) is 5. The largest absolute Gasteiger partial charge is 0.508 e. The summed E-state index contributed by atoms with van der Waals surface area (Å²) in [6.45, 7) is 6.31. The number of likely N-dealkylation sites (tertiary alicyclic amines) is 1. The third-order valence-electron chi connectivity index (χ3n) is 6.25. The number of likely N-dealkylation sites (N-methyl/N-ethyl adjacent to an activating group) is 1. The van der Waals surface area contributed by atoms with E-state index in [0.29, 0.717) is 25.1 Å². The second-order valence-corrected chi connectivity index (χ2v) is 10.1. The van der Waals surface area contributed by atoms with Crippen LogP contribution >= 0.6 is 11.3 Å². The molecule has 8 heteroatoms. The van der Waals surface area contributed by atoms with Gasteiger partial charge >= 0.3 is 0 Å². The van der Waals surface area contributed by atoms with Crippen LogP contribution in [0.25, 0.3) is 21.6 Å². The molecule has 2 aromatic heterocycles. The zero-order valence-electron chi connectivity index (χ0n) is 18.8. The molecule has 7 nitrogen and oxygen atoms in total. The Morgan fingerprint density at radius 3 is 2.78 bits per heavy atom. The zero-order chi connectivity index (χ0) is 22.1. The highest BCUT2D eigenvalue weighted by molar-refractivity contribution is 7.19. The van der Waals surface area contributed by atoms with E-state index in [1.165, 1.54) is 17.7 Å². The third kappa shape index (κ3) is 4.59. The van der Waals surface area contributed by atoms with Gasteiger partial charge < -0.3 is 19.6 Å². The summed E-state index contributed by atoms with van der Waals surface area (Å²) in [5.74, 6) is 1.87. The number of hydrogen-bond acceptors (Lipinski definition) is 8. The summed E-state index contributed by atoms with van der Waals surface area (Å²) < 4.78 is 6.72. The molecule has 2 aliphatic rings. The van der Waals surface area contributed by atoms with Crippen LogP contribution in [0.3, 0.4) is 0 Å². The van der Waals surface area contributed by atoms with E-state index < -0.39 is 0 Å². The van der Waals surface area contributed by atoms with Crippen molar-refractivity contribution in [3.63, 3.8) is 0 Å². The van der Waals surface area contributed by atoms with E-state index in [1.54, 1.807) is 12.1 Å². The van der Waals surface area contributed by atoms with Crippen LogP contribution in [0.5, 0.6) is 5.75 Å². The molecule has 0 spiro atoms. The fourth-order valence-electron chi connectivity index (χ4n) is 4.74. The molecule has 3 aromatic rings. The maximum atomic E-state index is 9.97. The summed E-state index contributed by atoms with van der Waals surface area (Å²) in [5.41, 5.74) is 1.82. The summed E-state index contributed by atoms with van der Waals surface area (Å²) in [6, 6.07) is 10.0. The lowest BCUT2D eigenvalue weighted by atomic mass is 10.2. The Kier molecular flexibility index (Phi) is 6.28. The highest BCUT2D eigenvalue weighted by Crippen LogP contribution is 2.36. The molecule has 170 valence electrons. The van der Waals surface area contributed by atoms with E-state index in [0.717, 1.165) is 54.3 Å². The summed E-state index contributed by atoms with van der Waals surface area (Å²) >= 11 is 1.82. The van der Waals surface area contributed by atoms with E-state index in [1.807, 2.05) is 23.5 Å². The Balaban J connectivity index is 1.51. The molecular formula is C24H31N5O2S. The van der Waals surface area contributed by atoms with Gasteiger partial charge in [0.25, 0.3) is 0 Å². The number of aromatic nitrogens is 2. The van der Waals surface area contributed by atoms with Crippen molar-refractivity contribution in [3.8, 4) is 17.1 Å². The number of phenols is 1. The normalized spacial score (nSPS) is 20.0. The van der Waals surface area contributed by atoms with Crippen molar-refractivity contribution in [1.82, 2.24) is 19.8 Å². The molecule has 0 radical (unpaired) electrons. The first-order valence-corrected chi connectivity index (χ1v) is 12.2. The van der Waals surface area contributed by atoms with E-state index >= 15 is 0 Å². The maximum Gasteiger partial charge on any atom is 0.162 e. The van der Waals surface area contributed by atoms with Gasteiger partial charge in [0, 0.05) is 42.7 Å². The minimum absolute atomic E-state index is 0.228. The van der Waals surface area contributed by atoms with Crippen LogP contribution < -0.4 is 4.90 Å². The average Bonchev–Trinajstić information content (AvgIpc) is 3.39. The van der Waals surface area contributed by atoms with Crippen LogP contribution in [0, 0.1) is 0 Å². The number of morpholine rings is 1. The number of benzene rings is 1. The van der Waals surface area contributed by atoms with Gasteiger partial charge in [-0.2, -0.15) is 0 Å². The van der Waals surface area contributed by atoms with Crippen LogP contribution in [0.4, 0.5) is 5.82 Å². The van der Waals surface area contributed by atoms with E-state index in [4.69, 9.17) is 14.7 Å². The quantitative estimate of drug-likeness (QED) is 0.613. The molecule has 5 rings (SSSR count). The highest BCUT2D eigenvalue weighted by atomic mass is 32.1. The zero-order valence-corrected chi connectivity index (χ0v) is 19.6. The van der Waals surface area contributed by atoms with Crippen molar-refractivity contribution < 1.29 is 9.84 Å². The van der Waals surface area contributed by atoms with Crippen molar-refractivity contribution >= 4 is 27.4 Å². The fraction of sp³-hybridized carbons (Fsp3) is 0.500. The lowest BCUT2D eigenvalue weighted by Crippen LogP contribution is -2.37. The Hall–Kier alpha value is -2.26. The predicted octanol–water partition coefficient (Wildman–Crippen LogP) is 3.43. The number of fused-ring (bicyclic) bond motifs is 1. The number of rotatable bonds is 6. The Bertz CT molecular complexity index is 1080. The highest BCUT2D eigenvalue weighted by Gasteiger charge is 2.26. The van der Waals surface area contributed by atoms with E-state index in [-0.39, 0.29) is 5.75 Å². The van der Waals surface area contributed by atoms with E-state index in [9.17, 15) is 5.11 Å². The summed E-state index contributed by atoms with van der Waals surface area (Å²) in [7, 11) is 4.31. The van der Waals surface area contributed by atoms with Gasteiger partial charge in [-0.3, -0.25) is 4.90 Å². The summed E-state index contributed by atoms with van der Waals surface area (Å²) in [6.07, 6.45) is 2.54. The van der Waals surface area contributed by atoms with Gasteiger partial charge in [-0.25, -0.2) is 9.97 Å². The first-order chi connectivity index (χ1) is 15.6. The lowest BCUT2D eigenvalue weighted by Gasteiger charge is -2.28. The Morgan fingerprint density at radius 1 is 1.16 bits per heavy atom. The molecule has 2 saturated heterocycles. The first kappa shape index (κ1) is 21.6. The van der Waals surface area contributed by atoms with Crippen molar-refractivity contribution in [3.05, 3.63) is 35.2 Å². The molecule has 1 N–H and O–H groups in total. The van der Waals surface area contributed by atoms with Crippen molar-refractivity contribution in [1.29, 1.82) is 0 Å². The second kappa shape index (κ2) is 9.31. The second-order valence-electron chi connectivity index (χ2n) is 8.98. The summed E-state index contributed by atoms with van der Waals surface area (Å²) in [5, 5.41) is 9.97. The molecular weight excluding hydrogens is 422 g/mol. The number of thiophene rings is 1. The minimum atomic E-state index is 0.228. The molecule has 0 bridgehead atoms. The molecule has 32 heavy (non-hydrogen) atoms. The predicted molar refractivity (Wildman–Crippen MR) is 130 cm³/mol. The number of ether oxygens (including phenoxy) is 1. The average molecular weight is 454 g/mol. The van der Waals surface area contributed by atoms with Crippen LogP contribution in [-0.4, -0.2) is 84.4 Å². The molecule has 0 amide bonds.